The number of carbonyl (C=O) groups is 1. The summed E-state index contributed by atoms with van der Waals surface area (Å²) >= 11 is 0. The normalized spacial score (nSPS) is 11.5. The second-order valence-corrected chi connectivity index (χ2v) is 6.61. The molecule has 7 nitrogen and oxygen atoms in total. The third-order valence-corrected chi connectivity index (χ3v) is 4.45. The fraction of sp³-hybridized carbons (Fsp3) is 0.462. The quantitative estimate of drug-likeness (QED) is 0.765. The molecule has 1 aromatic rings. The molecule has 21 heavy (non-hydrogen) atoms. The van der Waals surface area contributed by atoms with E-state index in [-0.39, 0.29) is 17.3 Å². The Morgan fingerprint density at radius 3 is 2.52 bits per heavy atom. The lowest BCUT2D eigenvalue weighted by atomic mass is 10.3. The van der Waals surface area contributed by atoms with E-state index >= 15 is 0 Å². The van der Waals surface area contributed by atoms with Crippen LogP contribution in [0.1, 0.15) is 6.92 Å². The predicted octanol–water partition coefficient (Wildman–Crippen LogP) is 0.493. The molecule has 1 amide bonds. The number of benzene rings is 1. The summed E-state index contributed by atoms with van der Waals surface area (Å²) in [4.78, 5) is 11.8. The summed E-state index contributed by atoms with van der Waals surface area (Å²) in [6.45, 7) is 2.34. The summed E-state index contributed by atoms with van der Waals surface area (Å²) in [6, 6.07) is 4.39. The minimum absolute atomic E-state index is 0.0933. The van der Waals surface area contributed by atoms with Gasteiger partial charge in [0, 0.05) is 14.1 Å². The first-order valence-electron chi connectivity index (χ1n) is 6.46. The number of carbonyl (C=O) groups excluding carboxylic acids is 1. The molecule has 0 fully saturated rings. The smallest absolute Gasteiger partial charge is 0.242 e. The average molecular weight is 315 g/mol. The molecular weight excluding hydrogens is 294 g/mol. The summed E-state index contributed by atoms with van der Waals surface area (Å²) < 4.78 is 30.8. The zero-order chi connectivity index (χ0) is 16.0. The average Bonchev–Trinajstić information content (AvgIpc) is 2.40. The molecule has 2 N–H and O–H groups in total. The number of ether oxygens (including phenoxy) is 1. The lowest BCUT2D eigenvalue weighted by Crippen LogP contribution is -2.26. The molecule has 0 aliphatic heterocycles. The summed E-state index contributed by atoms with van der Waals surface area (Å²) in [5.74, 6) is 0.150. The van der Waals surface area contributed by atoms with Crippen LogP contribution in [0.25, 0.3) is 0 Å². The van der Waals surface area contributed by atoms with Crippen molar-refractivity contribution in [3.63, 3.8) is 0 Å². The van der Waals surface area contributed by atoms with Gasteiger partial charge in [-0.05, 0) is 32.2 Å². The number of anilines is 1. The molecule has 118 valence electrons. The molecule has 0 bridgehead atoms. The zero-order valence-electron chi connectivity index (χ0n) is 12.6. The summed E-state index contributed by atoms with van der Waals surface area (Å²) in [5, 5.41) is 5.36. The van der Waals surface area contributed by atoms with Gasteiger partial charge < -0.3 is 15.4 Å². The lowest BCUT2D eigenvalue weighted by Gasteiger charge is -2.15. The van der Waals surface area contributed by atoms with E-state index < -0.39 is 10.0 Å². The first kappa shape index (κ1) is 17.4. The van der Waals surface area contributed by atoms with E-state index in [1.54, 1.807) is 7.05 Å². The highest BCUT2D eigenvalue weighted by Crippen LogP contribution is 2.28. The van der Waals surface area contributed by atoms with Crippen LogP contribution < -0.4 is 15.4 Å². The number of nitrogens with one attached hydrogen (secondary N) is 2. The van der Waals surface area contributed by atoms with E-state index in [9.17, 15) is 13.2 Å². The van der Waals surface area contributed by atoms with Crippen molar-refractivity contribution < 1.29 is 17.9 Å². The Labute approximate surface area is 125 Å². The number of sulfonamides is 1. The highest BCUT2D eigenvalue weighted by Gasteiger charge is 2.19. The Kier molecular flexibility index (Phi) is 6.13. The summed E-state index contributed by atoms with van der Waals surface area (Å²) in [6.07, 6.45) is 0. The van der Waals surface area contributed by atoms with Gasteiger partial charge in [-0.15, -0.1) is 0 Å². The Hall–Kier alpha value is -1.64. The summed E-state index contributed by atoms with van der Waals surface area (Å²) in [5.41, 5.74) is 0.333. The molecule has 0 aliphatic rings. The van der Waals surface area contributed by atoms with Crippen molar-refractivity contribution in [3.8, 4) is 5.75 Å². The molecule has 0 saturated carbocycles. The number of hydrogen-bond donors (Lipinski definition) is 2. The van der Waals surface area contributed by atoms with E-state index in [1.807, 2.05) is 6.92 Å². The maximum absolute atomic E-state index is 12.1. The first-order valence-corrected chi connectivity index (χ1v) is 7.90. The van der Waals surface area contributed by atoms with Gasteiger partial charge in [-0.3, -0.25) is 4.79 Å². The van der Waals surface area contributed by atoms with Crippen molar-refractivity contribution in [2.24, 2.45) is 0 Å². The minimum atomic E-state index is -3.57. The Morgan fingerprint density at radius 1 is 1.33 bits per heavy atom. The highest BCUT2D eigenvalue weighted by atomic mass is 32.2. The number of nitrogens with zero attached hydrogens (tertiary/aromatic N) is 1. The monoisotopic (exact) mass is 315 g/mol. The molecule has 0 radical (unpaired) electrons. The van der Waals surface area contributed by atoms with Gasteiger partial charge in [-0.1, -0.05) is 0 Å². The zero-order valence-corrected chi connectivity index (χ0v) is 13.5. The fourth-order valence-corrected chi connectivity index (χ4v) is 2.54. The molecular formula is C13H21N3O4S. The standard InChI is InChI=1S/C13H21N3O4S/c1-5-20-12-7-6-10(21(18,19)16(3)4)8-11(12)15-13(17)9-14-2/h6-8,14H,5,9H2,1-4H3,(H,15,17). The van der Waals surface area contributed by atoms with Gasteiger partial charge in [0.15, 0.2) is 0 Å². The lowest BCUT2D eigenvalue weighted by molar-refractivity contribution is -0.115. The molecule has 0 heterocycles. The van der Waals surface area contributed by atoms with Crippen LogP contribution in [0.15, 0.2) is 23.1 Å². The molecule has 1 rings (SSSR count). The fourth-order valence-electron chi connectivity index (χ4n) is 1.61. The van der Waals surface area contributed by atoms with Crippen LogP contribution in [-0.4, -0.2) is 52.9 Å². The summed E-state index contributed by atoms with van der Waals surface area (Å²) in [7, 11) is 0.979. The van der Waals surface area contributed by atoms with Crippen LogP contribution in [0.2, 0.25) is 0 Å². The number of amides is 1. The Bertz CT molecular complexity index is 599. The van der Waals surface area contributed by atoms with Crippen LogP contribution in [-0.2, 0) is 14.8 Å². The van der Waals surface area contributed by atoms with Crippen molar-refractivity contribution in [2.45, 2.75) is 11.8 Å². The number of hydrogen-bond acceptors (Lipinski definition) is 5. The molecule has 0 unspecified atom stereocenters. The van der Waals surface area contributed by atoms with E-state index in [4.69, 9.17) is 4.74 Å². The highest BCUT2D eigenvalue weighted by molar-refractivity contribution is 7.89. The van der Waals surface area contributed by atoms with Crippen molar-refractivity contribution in [1.29, 1.82) is 0 Å². The second kappa shape index (κ2) is 7.39. The van der Waals surface area contributed by atoms with Crippen molar-refractivity contribution in [3.05, 3.63) is 18.2 Å². The third kappa shape index (κ3) is 4.42. The van der Waals surface area contributed by atoms with Gasteiger partial charge in [0.05, 0.1) is 23.7 Å². The third-order valence-electron chi connectivity index (χ3n) is 2.64. The van der Waals surface area contributed by atoms with E-state index in [1.165, 1.54) is 32.3 Å². The molecule has 0 saturated heterocycles. The Balaban J connectivity index is 3.20. The maximum atomic E-state index is 12.1. The van der Waals surface area contributed by atoms with Gasteiger partial charge in [0.25, 0.3) is 0 Å². The van der Waals surface area contributed by atoms with Crippen LogP contribution >= 0.6 is 0 Å². The molecule has 8 heteroatoms. The van der Waals surface area contributed by atoms with Gasteiger partial charge in [0.1, 0.15) is 5.75 Å². The van der Waals surface area contributed by atoms with Crippen LogP contribution in [0.3, 0.4) is 0 Å². The van der Waals surface area contributed by atoms with Crippen LogP contribution in [0, 0.1) is 0 Å². The van der Waals surface area contributed by atoms with Gasteiger partial charge in [-0.25, -0.2) is 12.7 Å². The first-order chi connectivity index (χ1) is 9.82. The second-order valence-electron chi connectivity index (χ2n) is 4.46. The molecule has 1 aromatic carbocycles. The van der Waals surface area contributed by atoms with Crippen molar-refractivity contribution >= 4 is 21.6 Å². The topological polar surface area (TPSA) is 87.7 Å². The molecule has 0 aliphatic carbocycles. The molecule has 0 atom stereocenters. The largest absolute Gasteiger partial charge is 0.492 e. The van der Waals surface area contributed by atoms with Gasteiger partial charge >= 0.3 is 0 Å². The SMILES string of the molecule is CCOc1ccc(S(=O)(=O)N(C)C)cc1NC(=O)CNC. The van der Waals surface area contributed by atoms with Gasteiger partial charge in [0.2, 0.25) is 15.9 Å². The van der Waals surface area contributed by atoms with Crippen molar-refractivity contribution in [1.82, 2.24) is 9.62 Å². The minimum Gasteiger partial charge on any atom is -0.492 e. The maximum Gasteiger partial charge on any atom is 0.242 e. The van der Waals surface area contributed by atoms with E-state index in [0.29, 0.717) is 18.0 Å². The molecule has 0 spiro atoms. The van der Waals surface area contributed by atoms with E-state index in [0.717, 1.165) is 4.31 Å². The Morgan fingerprint density at radius 2 is 2.00 bits per heavy atom. The number of rotatable bonds is 7. The van der Waals surface area contributed by atoms with Crippen LogP contribution in [0.5, 0.6) is 5.75 Å². The van der Waals surface area contributed by atoms with Gasteiger partial charge in [-0.2, -0.15) is 0 Å². The van der Waals surface area contributed by atoms with E-state index in [2.05, 4.69) is 10.6 Å². The predicted molar refractivity (Wildman–Crippen MR) is 81.0 cm³/mol. The van der Waals surface area contributed by atoms with Crippen LogP contribution in [0.4, 0.5) is 5.69 Å². The number of likely N-dealkylation sites (N-methyl/N-ethyl adjacent to an activating group) is 1. The molecule has 0 aromatic heterocycles. The van der Waals surface area contributed by atoms with Crippen molar-refractivity contribution in [2.75, 3.05) is 39.6 Å².